The molecule has 0 bridgehead atoms. The van der Waals surface area contributed by atoms with Crippen LogP contribution < -0.4 is 4.74 Å². The number of hydrogen-bond donors (Lipinski definition) is 0. The number of hydrogen-bond acceptors (Lipinski definition) is 1. The second-order valence-corrected chi connectivity index (χ2v) is 8.05. The Bertz CT molecular complexity index is 860. The van der Waals surface area contributed by atoms with Gasteiger partial charge in [0.15, 0.2) is 0 Å². The Hall–Kier alpha value is -2.30. The topological polar surface area (TPSA) is 9.23 Å². The van der Waals surface area contributed by atoms with Gasteiger partial charge >= 0.3 is 6.18 Å². The molecule has 1 saturated carbocycles. The quantitative estimate of drug-likeness (QED) is 0.429. The lowest BCUT2D eigenvalue weighted by atomic mass is 9.80. The monoisotopic (exact) mass is 420 g/mol. The number of allylic oxidation sites excluding steroid dienone is 1. The maximum absolute atomic E-state index is 15.0. The van der Waals surface area contributed by atoms with E-state index in [4.69, 9.17) is 4.74 Å². The van der Waals surface area contributed by atoms with Crippen molar-refractivity contribution in [2.75, 3.05) is 7.11 Å². The highest BCUT2D eigenvalue weighted by Crippen LogP contribution is 2.39. The van der Waals surface area contributed by atoms with Crippen LogP contribution in [0, 0.1) is 17.7 Å². The number of benzene rings is 2. The molecule has 2 aromatic carbocycles. The fourth-order valence-corrected chi connectivity index (χ4v) is 4.33. The summed E-state index contributed by atoms with van der Waals surface area (Å²) in [5, 5.41) is 0. The van der Waals surface area contributed by atoms with Crippen LogP contribution in [0.5, 0.6) is 5.75 Å². The van der Waals surface area contributed by atoms with E-state index in [2.05, 4.69) is 6.92 Å². The van der Waals surface area contributed by atoms with Crippen LogP contribution in [0.3, 0.4) is 0 Å². The minimum absolute atomic E-state index is 0.0674. The maximum atomic E-state index is 15.0. The van der Waals surface area contributed by atoms with Crippen LogP contribution in [0.1, 0.15) is 56.6 Å². The van der Waals surface area contributed by atoms with E-state index in [-0.39, 0.29) is 17.0 Å². The Labute approximate surface area is 175 Å². The van der Waals surface area contributed by atoms with Gasteiger partial charge in [-0.1, -0.05) is 56.2 Å². The fraction of sp³-hybridized carbons (Fsp3) is 0.440. The number of methoxy groups -OCH3 is 1. The van der Waals surface area contributed by atoms with Crippen molar-refractivity contribution in [1.29, 1.82) is 0 Å². The zero-order chi connectivity index (χ0) is 21.7. The molecule has 0 atom stereocenters. The third-order valence-corrected chi connectivity index (χ3v) is 5.99. The maximum Gasteiger partial charge on any atom is 0.419 e. The average molecular weight is 420 g/mol. The first-order valence-electron chi connectivity index (χ1n) is 10.6. The Morgan fingerprint density at radius 2 is 1.67 bits per heavy atom. The first-order valence-corrected chi connectivity index (χ1v) is 10.6. The molecule has 3 rings (SSSR count). The molecular weight excluding hydrogens is 392 g/mol. The van der Waals surface area contributed by atoms with Gasteiger partial charge in [0, 0.05) is 5.56 Å². The fourth-order valence-electron chi connectivity index (χ4n) is 4.33. The molecule has 0 heterocycles. The zero-order valence-electron chi connectivity index (χ0n) is 17.4. The molecule has 162 valence electrons. The predicted molar refractivity (Wildman–Crippen MR) is 113 cm³/mol. The van der Waals surface area contributed by atoms with Crippen molar-refractivity contribution in [3.63, 3.8) is 0 Å². The highest BCUT2D eigenvalue weighted by Gasteiger charge is 2.37. The zero-order valence-corrected chi connectivity index (χ0v) is 17.4. The van der Waals surface area contributed by atoms with E-state index in [9.17, 15) is 13.2 Å². The van der Waals surface area contributed by atoms with Crippen molar-refractivity contribution < 1.29 is 22.3 Å². The molecule has 0 unspecified atom stereocenters. The average Bonchev–Trinajstić information content (AvgIpc) is 2.72. The molecular formula is C25H28F4O. The molecule has 30 heavy (non-hydrogen) atoms. The van der Waals surface area contributed by atoms with Crippen molar-refractivity contribution in [3.05, 3.63) is 59.4 Å². The summed E-state index contributed by atoms with van der Waals surface area (Å²) in [6.45, 7) is 2.18. The molecule has 1 aliphatic rings. The van der Waals surface area contributed by atoms with Crippen LogP contribution >= 0.6 is 0 Å². The third-order valence-electron chi connectivity index (χ3n) is 5.99. The molecule has 0 amide bonds. The van der Waals surface area contributed by atoms with Gasteiger partial charge in [0.1, 0.15) is 11.6 Å². The SMILES string of the molecule is CCCC1CCC(/C=C/c2ccc(-c3ccc(OC)cc3)c(F)c2C(F)(F)F)CC1. The number of halogens is 4. The molecule has 0 N–H and O–H groups in total. The van der Waals surface area contributed by atoms with Crippen LogP contribution in [0.4, 0.5) is 17.6 Å². The van der Waals surface area contributed by atoms with Crippen LogP contribution in [-0.4, -0.2) is 7.11 Å². The van der Waals surface area contributed by atoms with Gasteiger partial charge in [0.05, 0.1) is 12.7 Å². The molecule has 5 heteroatoms. The number of ether oxygens (including phenoxy) is 1. The molecule has 1 nitrogen and oxygen atoms in total. The first-order chi connectivity index (χ1) is 14.3. The molecule has 0 saturated heterocycles. The number of alkyl halides is 3. The van der Waals surface area contributed by atoms with Crippen molar-refractivity contribution in [3.8, 4) is 16.9 Å². The van der Waals surface area contributed by atoms with Gasteiger partial charge in [0.2, 0.25) is 0 Å². The molecule has 1 fully saturated rings. The van der Waals surface area contributed by atoms with Crippen molar-refractivity contribution in [1.82, 2.24) is 0 Å². The standard InChI is InChI=1S/C25H28F4O/c1-3-4-17-5-7-18(8-6-17)9-10-20-13-16-22(24(26)23(20)25(27,28)29)19-11-14-21(30-2)15-12-19/h9-18H,3-8H2,1-2H3/b10-9+. The summed E-state index contributed by atoms with van der Waals surface area (Å²) in [5.41, 5.74) is -1.01. The first kappa shape index (κ1) is 22.4. The third kappa shape index (κ3) is 5.24. The number of rotatable bonds is 6. The Kier molecular flexibility index (Phi) is 7.22. The lowest BCUT2D eigenvalue weighted by Gasteiger charge is -2.26. The van der Waals surface area contributed by atoms with Gasteiger partial charge in [0.25, 0.3) is 0 Å². The highest BCUT2D eigenvalue weighted by molar-refractivity contribution is 5.70. The van der Waals surface area contributed by atoms with Gasteiger partial charge in [-0.05, 0) is 60.8 Å². The Morgan fingerprint density at radius 3 is 2.23 bits per heavy atom. The summed E-state index contributed by atoms with van der Waals surface area (Å²) in [5.74, 6) is 0.306. The minimum atomic E-state index is -4.77. The van der Waals surface area contributed by atoms with E-state index >= 15 is 4.39 Å². The van der Waals surface area contributed by atoms with E-state index in [1.54, 1.807) is 24.3 Å². The molecule has 0 aliphatic heterocycles. The van der Waals surface area contributed by atoms with Crippen LogP contribution in [0.25, 0.3) is 17.2 Å². The van der Waals surface area contributed by atoms with Crippen molar-refractivity contribution >= 4 is 6.08 Å². The molecule has 0 spiro atoms. The van der Waals surface area contributed by atoms with Gasteiger partial charge in [-0.25, -0.2) is 4.39 Å². The van der Waals surface area contributed by atoms with Crippen LogP contribution in [0.2, 0.25) is 0 Å². The van der Waals surface area contributed by atoms with E-state index < -0.39 is 17.6 Å². The largest absolute Gasteiger partial charge is 0.497 e. The molecule has 2 aromatic rings. The minimum Gasteiger partial charge on any atom is -0.497 e. The molecule has 0 aromatic heterocycles. The van der Waals surface area contributed by atoms with Gasteiger partial charge in [-0.2, -0.15) is 13.2 Å². The highest BCUT2D eigenvalue weighted by atomic mass is 19.4. The predicted octanol–water partition coefficient (Wildman–Crippen LogP) is 8.14. The Balaban J connectivity index is 1.87. The lowest BCUT2D eigenvalue weighted by Crippen LogP contribution is -2.13. The lowest BCUT2D eigenvalue weighted by molar-refractivity contribution is -0.140. The van der Waals surface area contributed by atoms with E-state index in [1.807, 2.05) is 6.08 Å². The molecule has 1 aliphatic carbocycles. The van der Waals surface area contributed by atoms with E-state index in [0.29, 0.717) is 11.3 Å². The van der Waals surface area contributed by atoms with E-state index in [0.717, 1.165) is 31.6 Å². The summed E-state index contributed by atoms with van der Waals surface area (Å²) in [6.07, 6.45) is 5.08. The van der Waals surface area contributed by atoms with Crippen LogP contribution in [0.15, 0.2) is 42.5 Å². The Morgan fingerprint density at radius 1 is 1.00 bits per heavy atom. The normalized spacial score (nSPS) is 19.9. The second-order valence-electron chi connectivity index (χ2n) is 8.05. The van der Waals surface area contributed by atoms with Crippen molar-refractivity contribution in [2.45, 2.75) is 51.6 Å². The summed E-state index contributed by atoms with van der Waals surface area (Å²) in [7, 11) is 1.49. The summed E-state index contributed by atoms with van der Waals surface area (Å²) >= 11 is 0. The van der Waals surface area contributed by atoms with Gasteiger partial charge in [-0.15, -0.1) is 0 Å². The molecule has 0 radical (unpaired) electrons. The van der Waals surface area contributed by atoms with Gasteiger partial charge < -0.3 is 4.74 Å². The van der Waals surface area contributed by atoms with Crippen molar-refractivity contribution in [2.24, 2.45) is 11.8 Å². The summed E-state index contributed by atoms with van der Waals surface area (Å²) in [4.78, 5) is 0. The van der Waals surface area contributed by atoms with Crippen LogP contribution in [-0.2, 0) is 6.18 Å². The summed E-state index contributed by atoms with van der Waals surface area (Å²) in [6, 6.07) is 9.10. The van der Waals surface area contributed by atoms with Gasteiger partial charge in [-0.3, -0.25) is 0 Å². The second kappa shape index (κ2) is 9.67. The summed E-state index contributed by atoms with van der Waals surface area (Å²) < 4.78 is 61.3. The smallest absolute Gasteiger partial charge is 0.419 e. The van der Waals surface area contributed by atoms with E-state index in [1.165, 1.54) is 38.2 Å².